The summed E-state index contributed by atoms with van der Waals surface area (Å²) in [6, 6.07) is 8.66. The van der Waals surface area contributed by atoms with Gasteiger partial charge >= 0.3 is 0 Å². The quantitative estimate of drug-likeness (QED) is 0.704. The van der Waals surface area contributed by atoms with E-state index in [-0.39, 0.29) is 0 Å². The van der Waals surface area contributed by atoms with Crippen molar-refractivity contribution in [3.05, 3.63) is 29.8 Å². The van der Waals surface area contributed by atoms with Gasteiger partial charge in [0.2, 0.25) is 0 Å². The fraction of sp³-hybridized carbons (Fsp3) is 0.500. The number of hydrogen-bond acceptors (Lipinski definition) is 2. The van der Waals surface area contributed by atoms with Crippen LogP contribution in [0, 0.1) is 0 Å². The summed E-state index contributed by atoms with van der Waals surface area (Å²) in [4.78, 5) is 0. The lowest BCUT2D eigenvalue weighted by molar-refractivity contribution is 0.484. The van der Waals surface area contributed by atoms with E-state index in [4.69, 9.17) is 5.73 Å². The van der Waals surface area contributed by atoms with E-state index in [0.29, 0.717) is 6.04 Å². The molecule has 0 heterocycles. The first-order valence-electron chi connectivity index (χ1n) is 5.34. The van der Waals surface area contributed by atoms with Crippen LogP contribution in [0.4, 0.5) is 5.69 Å². The molecule has 1 aromatic carbocycles. The Morgan fingerprint density at radius 2 is 2.00 bits per heavy atom. The van der Waals surface area contributed by atoms with Gasteiger partial charge in [0.1, 0.15) is 0 Å². The van der Waals surface area contributed by atoms with Gasteiger partial charge in [-0.1, -0.05) is 26.0 Å². The second kappa shape index (κ2) is 5.66. The van der Waals surface area contributed by atoms with Crippen LogP contribution in [0.5, 0.6) is 0 Å². The van der Waals surface area contributed by atoms with Crippen LogP contribution in [-0.2, 0) is 6.54 Å². The van der Waals surface area contributed by atoms with E-state index in [0.717, 1.165) is 12.2 Å². The number of anilines is 1. The zero-order chi connectivity index (χ0) is 10.4. The standard InChI is InChI=1S/C12H20N2/c1-3-12(4-2)14-9-10-6-5-7-11(13)8-10/h5-8,12,14H,3-4,9,13H2,1-2H3. The number of hydrogen-bond donors (Lipinski definition) is 2. The number of nitrogen functional groups attached to an aromatic ring is 1. The highest BCUT2D eigenvalue weighted by atomic mass is 14.9. The fourth-order valence-electron chi connectivity index (χ4n) is 1.54. The Morgan fingerprint density at radius 1 is 1.29 bits per heavy atom. The van der Waals surface area contributed by atoms with Crippen molar-refractivity contribution in [2.75, 3.05) is 5.73 Å². The first kappa shape index (κ1) is 11.1. The molecule has 3 N–H and O–H groups in total. The molecule has 0 saturated heterocycles. The van der Waals surface area contributed by atoms with Gasteiger partial charge in [0.05, 0.1) is 0 Å². The molecule has 0 spiro atoms. The molecule has 14 heavy (non-hydrogen) atoms. The molecular weight excluding hydrogens is 172 g/mol. The van der Waals surface area contributed by atoms with Gasteiger partial charge in [-0.25, -0.2) is 0 Å². The largest absolute Gasteiger partial charge is 0.399 e. The normalized spacial score (nSPS) is 10.8. The van der Waals surface area contributed by atoms with E-state index in [1.165, 1.54) is 18.4 Å². The highest BCUT2D eigenvalue weighted by molar-refractivity contribution is 5.40. The van der Waals surface area contributed by atoms with Crippen molar-refractivity contribution in [3.8, 4) is 0 Å². The Morgan fingerprint density at radius 3 is 2.57 bits per heavy atom. The number of benzene rings is 1. The van der Waals surface area contributed by atoms with Crippen LogP contribution in [0.1, 0.15) is 32.3 Å². The van der Waals surface area contributed by atoms with Crippen molar-refractivity contribution in [1.82, 2.24) is 5.32 Å². The van der Waals surface area contributed by atoms with Crippen molar-refractivity contribution in [2.45, 2.75) is 39.3 Å². The SMILES string of the molecule is CCC(CC)NCc1cccc(N)c1. The highest BCUT2D eigenvalue weighted by Gasteiger charge is 2.01. The lowest BCUT2D eigenvalue weighted by Gasteiger charge is -2.14. The van der Waals surface area contributed by atoms with Crippen molar-refractivity contribution < 1.29 is 0 Å². The average Bonchev–Trinajstić information content (AvgIpc) is 2.19. The summed E-state index contributed by atoms with van der Waals surface area (Å²) in [5.41, 5.74) is 7.80. The molecule has 2 nitrogen and oxygen atoms in total. The molecule has 1 rings (SSSR count). The zero-order valence-electron chi connectivity index (χ0n) is 9.09. The molecular formula is C12H20N2. The molecule has 78 valence electrons. The van der Waals surface area contributed by atoms with Crippen LogP contribution in [0.3, 0.4) is 0 Å². The third-order valence-electron chi connectivity index (χ3n) is 2.53. The minimum absolute atomic E-state index is 0.622. The molecule has 0 aromatic heterocycles. The first-order valence-corrected chi connectivity index (χ1v) is 5.34. The summed E-state index contributed by atoms with van der Waals surface area (Å²) in [6.07, 6.45) is 2.36. The molecule has 0 unspecified atom stereocenters. The Hall–Kier alpha value is -1.02. The van der Waals surface area contributed by atoms with Crippen LogP contribution < -0.4 is 11.1 Å². The zero-order valence-corrected chi connectivity index (χ0v) is 9.09. The summed E-state index contributed by atoms with van der Waals surface area (Å²) in [5.74, 6) is 0. The monoisotopic (exact) mass is 192 g/mol. The van der Waals surface area contributed by atoms with E-state index in [1.807, 2.05) is 18.2 Å². The van der Waals surface area contributed by atoms with Gasteiger partial charge in [-0.05, 0) is 30.5 Å². The van der Waals surface area contributed by atoms with Gasteiger partial charge in [-0.15, -0.1) is 0 Å². The Kier molecular flexibility index (Phi) is 4.47. The first-order chi connectivity index (χ1) is 6.76. The summed E-state index contributed by atoms with van der Waals surface area (Å²) in [5, 5.41) is 3.51. The summed E-state index contributed by atoms with van der Waals surface area (Å²) >= 11 is 0. The van der Waals surface area contributed by atoms with Gasteiger partial charge in [-0.2, -0.15) is 0 Å². The van der Waals surface area contributed by atoms with Gasteiger partial charge < -0.3 is 11.1 Å². The topological polar surface area (TPSA) is 38.0 Å². The van der Waals surface area contributed by atoms with Gasteiger partial charge in [0, 0.05) is 18.3 Å². The van der Waals surface area contributed by atoms with Crippen molar-refractivity contribution in [3.63, 3.8) is 0 Å². The van der Waals surface area contributed by atoms with Gasteiger partial charge in [0.25, 0.3) is 0 Å². The minimum Gasteiger partial charge on any atom is -0.399 e. The van der Waals surface area contributed by atoms with Gasteiger partial charge in [-0.3, -0.25) is 0 Å². The van der Waals surface area contributed by atoms with Crippen molar-refractivity contribution in [1.29, 1.82) is 0 Å². The lowest BCUT2D eigenvalue weighted by atomic mass is 10.1. The molecule has 0 aliphatic rings. The summed E-state index contributed by atoms with van der Waals surface area (Å²) in [6.45, 7) is 5.33. The van der Waals surface area contributed by atoms with Crippen LogP contribution in [0.2, 0.25) is 0 Å². The molecule has 0 fully saturated rings. The second-order valence-corrected chi connectivity index (χ2v) is 3.64. The average molecular weight is 192 g/mol. The molecule has 0 radical (unpaired) electrons. The minimum atomic E-state index is 0.622. The molecule has 0 saturated carbocycles. The third kappa shape index (κ3) is 3.38. The Bertz CT molecular complexity index is 267. The third-order valence-corrected chi connectivity index (χ3v) is 2.53. The molecule has 0 aliphatic carbocycles. The van der Waals surface area contributed by atoms with Crippen LogP contribution in [0.15, 0.2) is 24.3 Å². The molecule has 1 aromatic rings. The maximum absolute atomic E-state index is 5.70. The van der Waals surface area contributed by atoms with Crippen LogP contribution in [-0.4, -0.2) is 6.04 Å². The lowest BCUT2D eigenvalue weighted by Crippen LogP contribution is -2.26. The molecule has 0 bridgehead atoms. The highest BCUT2D eigenvalue weighted by Crippen LogP contribution is 2.07. The molecule has 2 heteroatoms. The Balaban J connectivity index is 2.44. The van der Waals surface area contributed by atoms with Gasteiger partial charge in [0.15, 0.2) is 0 Å². The number of rotatable bonds is 5. The van der Waals surface area contributed by atoms with Crippen molar-refractivity contribution in [2.24, 2.45) is 0 Å². The fourth-order valence-corrected chi connectivity index (χ4v) is 1.54. The number of nitrogens with one attached hydrogen (secondary N) is 1. The predicted octanol–water partition coefficient (Wildman–Crippen LogP) is 2.55. The molecule has 0 atom stereocenters. The summed E-state index contributed by atoms with van der Waals surface area (Å²) < 4.78 is 0. The van der Waals surface area contributed by atoms with E-state index < -0.39 is 0 Å². The molecule has 0 amide bonds. The Labute approximate surface area is 86.5 Å². The van der Waals surface area contributed by atoms with E-state index in [2.05, 4.69) is 25.2 Å². The maximum Gasteiger partial charge on any atom is 0.0317 e. The van der Waals surface area contributed by atoms with E-state index in [9.17, 15) is 0 Å². The second-order valence-electron chi connectivity index (χ2n) is 3.64. The van der Waals surface area contributed by atoms with E-state index in [1.54, 1.807) is 0 Å². The summed E-state index contributed by atoms with van der Waals surface area (Å²) in [7, 11) is 0. The molecule has 0 aliphatic heterocycles. The predicted molar refractivity (Wildman–Crippen MR) is 62.1 cm³/mol. The maximum atomic E-state index is 5.70. The van der Waals surface area contributed by atoms with Crippen LogP contribution >= 0.6 is 0 Å². The smallest absolute Gasteiger partial charge is 0.0317 e. The van der Waals surface area contributed by atoms with E-state index >= 15 is 0 Å². The number of nitrogens with two attached hydrogens (primary N) is 1. The van der Waals surface area contributed by atoms with Crippen molar-refractivity contribution >= 4 is 5.69 Å². The van der Waals surface area contributed by atoms with Crippen LogP contribution in [0.25, 0.3) is 0 Å².